The van der Waals surface area contributed by atoms with Crippen LogP contribution in [0.4, 0.5) is 0 Å². The Bertz CT molecular complexity index is 394. The molecule has 1 rings (SSSR count). The first-order chi connectivity index (χ1) is 7.44. The Balaban J connectivity index is 3.26. The molecule has 0 aliphatic carbocycles. The fourth-order valence-corrected chi connectivity index (χ4v) is 1.76. The summed E-state index contributed by atoms with van der Waals surface area (Å²) in [5.74, 6) is -1.11. The third kappa shape index (κ3) is 2.26. The van der Waals surface area contributed by atoms with E-state index in [0.717, 1.165) is 16.9 Å². The predicted molar refractivity (Wildman–Crippen MR) is 63.4 cm³/mol. The number of methoxy groups -OCH3 is 1. The Labute approximate surface area is 96.0 Å². The average Bonchev–Trinajstić information content (AvgIpc) is 2.21. The lowest BCUT2D eigenvalue weighted by Gasteiger charge is -2.24. The lowest BCUT2D eigenvalue weighted by Crippen LogP contribution is -2.25. The maximum atomic E-state index is 9.90. The molecular formula is C13H18O3. The van der Waals surface area contributed by atoms with E-state index in [1.165, 1.54) is 6.08 Å². The maximum Gasteiger partial charge on any atom is 0.193 e. The minimum Gasteiger partial charge on any atom is -0.496 e. The fraction of sp³-hybridized carbons (Fsp3) is 0.385. The molecule has 0 saturated carbocycles. The smallest absolute Gasteiger partial charge is 0.193 e. The van der Waals surface area contributed by atoms with E-state index < -0.39 is 5.79 Å². The van der Waals surface area contributed by atoms with E-state index in [9.17, 15) is 10.2 Å². The molecule has 0 atom stereocenters. The highest BCUT2D eigenvalue weighted by molar-refractivity contribution is 5.45. The van der Waals surface area contributed by atoms with Gasteiger partial charge < -0.3 is 14.9 Å². The van der Waals surface area contributed by atoms with Crippen molar-refractivity contribution in [1.82, 2.24) is 0 Å². The first kappa shape index (κ1) is 12.7. The number of benzene rings is 1. The number of hydrogen-bond acceptors (Lipinski definition) is 3. The van der Waals surface area contributed by atoms with Gasteiger partial charge in [0, 0.05) is 12.0 Å². The third-order valence-electron chi connectivity index (χ3n) is 2.82. The van der Waals surface area contributed by atoms with E-state index in [0.29, 0.717) is 5.56 Å². The van der Waals surface area contributed by atoms with Crippen LogP contribution in [0.15, 0.2) is 24.8 Å². The lowest BCUT2D eigenvalue weighted by molar-refractivity contribution is -0.166. The van der Waals surface area contributed by atoms with Crippen LogP contribution in [-0.2, 0) is 5.79 Å². The quantitative estimate of drug-likeness (QED) is 0.605. The molecule has 0 spiro atoms. The lowest BCUT2D eigenvalue weighted by atomic mass is 9.94. The summed E-state index contributed by atoms with van der Waals surface area (Å²) in [7, 11) is 1.59. The molecule has 0 aromatic heterocycles. The molecule has 88 valence electrons. The topological polar surface area (TPSA) is 49.7 Å². The van der Waals surface area contributed by atoms with Crippen LogP contribution in [0.2, 0.25) is 0 Å². The Morgan fingerprint density at radius 1 is 1.31 bits per heavy atom. The molecule has 3 heteroatoms. The molecule has 0 aliphatic rings. The van der Waals surface area contributed by atoms with E-state index >= 15 is 0 Å². The Kier molecular flexibility index (Phi) is 3.73. The summed E-state index contributed by atoms with van der Waals surface area (Å²) >= 11 is 0. The second-order valence-electron chi connectivity index (χ2n) is 3.87. The van der Waals surface area contributed by atoms with Crippen molar-refractivity contribution in [2.75, 3.05) is 7.11 Å². The minimum absolute atomic E-state index is 0.0968. The highest BCUT2D eigenvalue weighted by Gasteiger charge is 2.27. The van der Waals surface area contributed by atoms with Gasteiger partial charge in [0.15, 0.2) is 5.79 Å². The van der Waals surface area contributed by atoms with Gasteiger partial charge in [0.2, 0.25) is 0 Å². The Morgan fingerprint density at radius 3 is 2.44 bits per heavy atom. The molecule has 2 N–H and O–H groups in total. The molecular weight excluding hydrogens is 204 g/mol. The molecule has 0 fully saturated rings. The molecule has 0 unspecified atom stereocenters. The molecule has 0 amide bonds. The molecule has 16 heavy (non-hydrogen) atoms. The molecule has 0 radical (unpaired) electrons. The van der Waals surface area contributed by atoms with Crippen LogP contribution >= 0.6 is 0 Å². The molecule has 0 aliphatic heterocycles. The van der Waals surface area contributed by atoms with Gasteiger partial charge in [-0.25, -0.2) is 0 Å². The Morgan fingerprint density at radius 2 is 1.94 bits per heavy atom. The monoisotopic (exact) mass is 222 g/mol. The predicted octanol–water partition coefficient (Wildman–Crippen LogP) is 2.03. The normalized spacial score (nSPS) is 11.3. The van der Waals surface area contributed by atoms with Gasteiger partial charge in [-0.2, -0.15) is 0 Å². The SMILES string of the molecule is C=CCC(O)(O)c1ccc(OC)c(C)c1C. The highest BCUT2D eigenvalue weighted by atomic mass is 16.5. The van der Waals surface area contributed by atoms with Crippen LogP contribution < -0.4 is 4.74 Å². The van der Waals surface area contributed by atoms with Crippen molar-refractivity contribution in [3.05, 3.63) is 41.5 Å². The van der Waals surface area contributed by atoms with E-state index in [1.807, 2.05) is 13.8 Å². The van der Waals surface area contributed by atoms with Crippen molar-refractivity contribution in [1.29, 1.82) is 0 Å². The van der Waals surface area contributed by atoms with Crippen LogP contribution in [0.3, 0.4) is 0 Å². The molecule has 0 saturated heterocycles. The van der Waals surface area contributed by atoms with Crippen LogP contribution in [0, 0.1) is 13.8 Å². The number of hydrogen-bond donors (Lipinski definition) is 2. The maximum absolute atomic E-state index is 9.90. The van der Waals surface area contributed by atoms with Gasteiger partial charge in [-0.15, -0.1) is 6.58 Å². The van der Waals surface area contributed by atoms with Gasteiger partial charge in [-0.1, -0.05) is 6.08 Å². The van der Waals surface area contributed by atoms with Gasteiger partial charge in [-0.3, -0.25) is 0 Å². The average molecular weight is 222 g/mol. The Hall–Kier alpha value is -1.32. The van der Waals surface area contributed by atoms with E-state index in [-0.39, 0.29) is 6.42 Å². The minimum atomic E-state index is -1.86. The summed E-state index contributed by atoms with van der Waals surface area (Å²) in [6, 6.07) is 3.41. The largest absolute Gasteiger partial charge is 0.496 e. The van der Waals surface area contributed by atoms with Gasteiger partial charge in [0.25, 0.3) is 0 Å². The number of ether oxygens (including phenoxy) is 1. The summed E-state index contributed by atoms with van der Waals surface area (Å²) in [6.45, 7) is 7.25. The summed E-state index contributed by atoms with van der Waals surface area (Å²) < 4.78 is 5.17. The molecule has 0 bridgehead atoms. The van der Waals surface area contributed by atoms with Gasteiger partial charge >= 0.3 is 0 Å². The molecule has 0 heterocycles. The van der Waals surface area contributed by atoms with E-state index in [2.05, 4.69) is 6.58 Å². The first-order valence-electron chi connectivity index (χ1n) is 5.14. The molecule has 1 aromatic rings. The fourth-order valence-electron chi connectivity index (χ4n) is 1.76. The number of rotatable bonds is 4. The highest BCUT2D eigenvalue weighted by Crippen LogP contribution is 2.31. The zero-order chi connectivity index (χ0) is 12.3. The molecule has 1 aromatic carbocycles. The summed E-state index contributed by atoms with van der Waals surface area (Å²) in [4.78, 5) is 0. The van der Waals surface area contributed by atoms with Crippen molar-refractivity contribution in [2.24, 2.45) is 0 Å². The van der Waals surface area contributed by atoms with Gasteiger partial charge in [-0.05, 0) is 37.1 Å². The summed E-state index contributed by atoms with van der Waals surface area (Å²) in [5, 5.41) is 19.8. The van der Waals surface area contributed by atoms with Gasteiger partial charge in [0.05, 0.1) is 7.11 Å². The van der Waals surface area contributed by atoms with Crippen molar-refractivity contribution in [3.8, 4) is 5.75 Å². The second-order valence-corrected chi connectivity index (χ2v) is 3.87. The zero-order valence-corrected chi connectivity index (χ0v) is 9.95. The summed E-state index contributed by atoms with van der Waals surface area (Å²) in [5.41, 5.74) is 2.23. The zero-order valence-electron chi connectivity index (χ0n) is 9.95. The number of aliphatic hydroxyl groups is 2. The van der Waals surface area contributed by atoms with E-state index in [1.54, 1.807) is 19.2 Å². The molecule has 3 nitrogen and oxygen atoms in total. The van der Waals surface area contributed by atoms with Crippen molar-refractivity contribution in [3.63, 3.8) is 0 Å². The standard InChI is InChI=1S/C13H18O3/c1-5-8-13(14,15)11-6-7-12(16-4)10(3)9(11)2/h5-7,14-15H,1,8H2,2-4H3. The van der Waals surface area contributed by atoms with Crippen LogP contribution in [0.25, 0.3) is 0 Å². The third-order valence-corrected chi connectivity index (χ3v) is 2.82. The van der Waals surface area contributed by atoms with Crippen molar-refractivity contribution < 1.29 is 14.9 Å². The van der Waals surface area contributed by atoms with Crippen molar-refractivity contribution in [2.45, 2.75) is 26.1 Å². The van der Waals surface area contributed by atoms with Gasteiger partial charge in [0.1, 0.15) is 5.75 Å². The first-order valence-corrected chi connectivity index (χ1v) is 5.14. The van der Waals surface area contributed by atoms with Crippen LogP contribution in [0.1, 0.15) is 23.1 Å². The van der Waals surface area contributed by atoms with E-state index in [4.69, 9.17) is 4.74 Å². The second kappa shape index (κ2) is 4.68. The van der Waals surface area contributed by atoms with Crippen molar-refractivity contribution >= 4 is 0 Å². The summed E-state index contributed by atoms with van der Waals surface area (Å²) in [6.07, 6.45) is 1.58. The van der Waals surface area contributed by atoms with Crippen LogP contribution in [0.5, 0.6) is 5.75 Å². The van der Waals surface area contributed by atoms with Crippen LogP contribution in [-0.4, -0.2) is 17.3 Å².